The molecule has 1 fully saturated rings. The summed E-state index contributed by atoms with van der Waals surface area (Å²) >= 11 is 0. The fourth-order valence-corrected chi connectivity index (χ4v) is 3.37. The predicted octanol–water partition coefficient (Wildman–Crippen LogP) is 3.19. The molecule has 2 aromatic carbocycles. The van der Waals surface area contributed by atoms with Crippen molar-refractivity contribution in [1.29, 1.82) is 0 Å². The molecule has 1 atom stereocenters. The third-order valence-electron chi connectivity index (χ3n) is 4.52. The summed E-state index contributed by atoms with van der Waals surface area (Å²) in [6.45, 7) is 2.56. The lowest BCUT2D eigenvalue weighted by Crippen LogP contribution is -2.52. The zero-order chi connectivity index (χ0) is 18.3. The van der Waals surface area contributed by atoms with E-state index >= 15 is 0 Å². The standard InChI is InChI=1S/C20H17FN2O3/c1-12-9-15-10-14(5-6-17(15)26-12)20(25)23-8-7-22-19(24)18(23)13-3-2-4-16(21)11-13/h2-6,9-11,18H,7-8H2,1H3,(H,22,24)/t18-/m0/s1. The minimum absolute atomic E-state index is 0.269. The molecule has 2 heterocycles. The van der Waals surface area contributed by atoms with Gasteiger partial charge in [-0.3, -0.25) is 9.59 Å². The first-order valence-corrected chi connectivity index (χ1v) is 8.37. The number of hydrogen-bond acceptors (Lipinski definition) is 3. The van der Waals surface area contributed by atoms with Gasteiger partial charge in [0.2, 0.25) is 5.91 Å². The number of aryl methyl sites for hydroxylation is 1. The van der Waals surface area contributed by atoms with Gasteiger partial charge in [-0.1, -0.05) is 12.1 Å². The number of carbonyl (C=O) groups excluding carboxylic acids is 2. The molecule has 132 valence electrons. The molecule has 1 N–H and O–H groups in total. The summed E-state index contributed by atoms with van der Waals surface area (Å²) in [4.78, 5) is 27.0. The summed E-state index contributed by atoms with van der Waals surface area (Å²) in [5.41, 5.74) is 1.63. The van der Waals surface area contributed by atoms with Crippen LogP contribution >= 0.6 is 0 Å². The lowest BCUT2D eigenvalue weighted by molar-refractivity contribution is -0.128. The van der Waals surface area contributed by atoms with Crippen LogP contribution in [0.15, 0.2) is 52.9 Å². The van der Waals surface area contributed by atoms with E-state index in [2.05, 4.69) is 5.32 Å². The molecule has 0 aliphatic carbocycles. The Bertz CT molecular complexity index is 1010. The van der Waals surface area contributed by atoms with Gasteiger partial charge >= 0.3 is 0 Å². The van der Waals surface area contributed by atoms with Gasteiger partial charge in [-0.05, 0) is 48.9 Å². The zero-order valence-corrected chi connectivity index (χ0v) is 14.2. The fraction of sp³-hybridized carbons (Fsp3) is 0.200. The SMILES string of the molecule is Cc1cc2cc(C(=O)N3CCNC(=O)[C@@H]3c3cccc(F)c3)ccc2o1. The van der Waals surface area contributed by atoms with Crippen LogP contribution in [0.25, 0.3) is 11.0 Å². The minimum Gasteiger partial charge on any atom is -0.461 e. The Morgan fingerprint density at radius 1 is 1.23 bits per heavy atom. The van der Waals surface area contributed by atoms with Crippen molar-refractivity contribution in [2.45, 2.75) is 13.0 Å². The third-order valence-corrected chi connectivity index (χ3v) is 4.52. The summed E-state index contributed by atoms with van der Waals surface area (Å²) < 4.78 is 19.2. The molecule has 1 aliphatic heterocycles. The number of furan rings is 1. The van der Waals surface area contributed by atoms with Gasteiger partial charge in [-0.25, -0.2) is 4.39 Å². The average molecular weight is 352 g/mol. The normalized spacial score (nSPS) is 17.4. The van der Waals surface area contributed by atoms with Crippen LogP contribution in [-0.2, 0) is 4.79 Å². The Kier molecular flexibility index (Phi) is 3.95. The van der Waals surface area contributed by atoms with Crippen molar-refractivity contribution >= 4 is 22.8 Å². The molecule has 0 unspecified atom stereocenters. The number of rotatable bonds is 2. The van der Waals surface area contributed by atoms with Crippen molar-refractivity contribution in [2.24, 2.45) is 0 Å². The van der Waals surface area contributed by atoms with E-state index in [1.165, 1.54) is 23.1 Å². The van der Waals surface area contributed by atoms with Crippen LogP contribution in [0.4, 0.5) is 4.39 Å². The van der Waals surface area contributed by atoms with E-state index in [1.54, 1.807) is 24.3 Å². The van der Waals surface area contributed by atoms with Gasteiger partial charge in [0.15, 0.2) is 0 Å². The largest absolute Gasteiger partial charge is 0.461 e. The summed E-state index contributed by atoms with van der Waals surface area (Å²) in [5, 5.41) is 3.58. The second kappa shape index (κ2) is 6.29. The molecule has 1 saturated heterocycles. The lowest BCUT2D eigenvalue weighted by Gasteiger charge is -2.35. The molecule has 0 bridgehead atoms. The molecule has 0 radical (unpaired) electrons. The summed E-state index contributed by atoms with van der Waals surface area (Å²) in [5.74, 6) is -0.256. The molecule has 1 aliphatic rings. The van der Waals surface area contributed by atoms with Crippen LogP contribution in [0, 0.1) is 12.7 Å². The van der Waals surface area contributed by atoms with Gasteiger partial charge < -0.3 is 14.6 Å². The second-order valence-electron chi connectivity index (χ2n) is 6.36. The molecule has 4 rings (SSSR count). The fourth-order valence-electron chi connectivity index (χ4n) is 3.37. The van der Waals surface area contributed by atoms with E-state index in [1.807, 2.05) is 13.0 Å². The first kappa shape index (κ1) is 16.3. The molecule has 6 heteroatoms. The number of amides is 2. The van der Waals surface area contributed by atoms with Gasteiger partial charge in [0.05, 0.1) is 0 Å². The summed E-state index contributed by atoms with van der Waals surface area (Å²) in [6.07, 6.45) is 0. The van der Waals surface area contributed by atoms with E-state index in [0.29, 0.717) is 29.8 Å². The molecular weight excluding hydrogens is 335 g/mol. The number of benzene rings is 2. The van der Waals surface area contributed by atoms with Crippen molar-refractivity contribution in [2.75, 3.05) is 13.1 Å². The van der Waals surface area contributed by atoms with Crippen molar-refractivity contribution in [1.82, 2.24) is 10.2 Å². The van der Waals surface area contributed by atoms with Crippen LogP contribution < -0.4 is 5.32 Å². The van der Waals surface area contributed by atoms with Gasteiger partial charge in [0.1, 0.15) is 23.2 Å². The van der Waals surface area contributed by atoms with Gasteiger partial charge in [0.25, 0.3) is 5.91 Å². The van der Waals surface area contributed by atoms with E-state index in [4.69, 9.17) is 4.42 Å². The van der Waals surface area contributed by atoms with Crippen LogP contribution in [0.2, 0.25) is 0 Å². The quantitative estimate of drug-likeness (QED) is 0.770. The van der Waals surface area contributed by atoms with Crippen molar-refractivity contribution in [3.8, 4) is 0 Å². The topological polar surface area (TPSA) is 62.6 Å². The average Bonchev–Trinajstić information content (AvgIpc) is 3.00. The van der Waals surface area contributed by atoms with Gasteiger partial charge in [-0.2, -0.15) is 0 Å². The molecular formula is C20H17FN2O3. The number of halogens is 1. The maximum atomic E-state index is 13.6. The van der Waals surface area contributed by atoms with E-state index < -0.39 is 11.9 Å². The third kappa shape index (κ3) is 2.83. The molecule has 0 saturated carbocycles. The van der Waals surface area contributed by atoms with Crippen LogP contribution in [0.1, 0.15) is 27.7 Å². The number of fused-ring (bicyclic) bond motifs is 1. The Morgan fingerprint density at radius 2 is 2.08 bits per heavy atom. The number of carbonyl (C=O) groups is 2. The van der Waals surface area contributed by atoms with E-state index in [-0.39, 0.29) is 11.8 Å². The van der Waals surface area contributed by atoms with Gasteiger partial charge in [-0.15, -0.1) is 0 Å². The highest BCUT2D eigenvalue weighted by Gasteiger charge is 2.35. The minimum atomic E-state index is -0.853. The lowest BCUT2D eigenvalue weighted by atomic mass is 10.0. The Morgan fingerprint density at radius 3 is 2.88 bits per heavy atom. The molecule has 5 nitrogen and oxygen atoms in total. The van der Waals surface area contributed by atoms with Gasteiger partial charge in [0, 0.05) is 24.0 Å². The molecule has 2 amide bonds. The van der Waals surface area contributed by atoms with Crippen molar-refractivity contribution in [3.63, 3.8) is 0 Å². The highest BCUT2D eigenvalue weighted by Crippen LogP contribution is 2.27. The monoisotopic (exact) mass is 352 g/mol. The van der Waals surface area contributed by atoms with E-state index in [9.17, 15) is 14.0 Å². The van der Waals surface area contributed by atoms with Crippen LogP contribution in [-0.4, -0.2) is 29.8 Å². The summed E-state index contributed by atoms with van der Waals surface area (Å²) in [7, 11) is 0. The molecule has 1 aromatic heterocycles. The second-order valence-corrected chi connectivity index (χ2v) is 6.36. The van der Waals surface area contributed by atoms with Crippen molar-refractivity contribution < 1.29 is 18.4 Å². The number of nitrogens with zero attached hydrogens (tertiary/aromatic N) is 1. The highest BCUT2D eigenvalue weighted by atomic mass is 19.1. The van der Waals surface area contributed by atoms with Crippen LogP contribution in [0.5, 0.6) is 0 Å². The number of piperazine rings is 1. The van der Waals surface area contributed by atoms with Crippen LogP contribution in [0.3, 0.4) is 0 Å². The first-order valence-electron chi connectivity index (χ1n) is 8.37. The smallest absolute Gasteiger partial charge is 0.254 e. The predicted molar refractivity (Wildman–Crippen MR) is 94.1 cm³/mol. The van der Waals surface area contributed by atoms with E-state index in [0.717, 1.165) is 11.1 Å². The highest BCUT2D eigenvalue weighted by molar-refractivity contribution is 6.01. The first-order chi connectivity index (χ1) is 12.5. The maximum Gasteiger partial charge on any atom is 0.254 e. The summed E-state index contributed by atoms with van der Waals surface area (Å²) in [6, 6.07) is 12.0. The molecule has 0 spiro atoms. The van der Waals surface area contributed by atoms with Crippen molar-refractivity contribution in [3.05, 3.63) is 71.2 Å². The number of nitrogens with one attached hydrogen (secondary N) is 1. The zero-order valence-electron chi connectivity index (χ0n) is 14.2. The maximum absolute atomic E-state index is 13.6. The Labute approximate surface area is 149 Å². The number of hydrogen-bond donors (Lipinski definition) is 1. The Balaban J connectivity index is 1.72. The molecule has 3 aromatic rings. The Hall–Kier alpha value is -3.15. The molecule has 26 heavy (non-hydrogen) atoms.